The van der Waals surface area contributed by atoms with E-state index in [1.165, 1.54) is 0 Å². The van der Waals surface area contributed by atoms with Crippen LogP contribution in [0.4, 0.5) is 8.78 Å². The van der Waals surface area contributed by atoms with E-state index in [-0.39, 0.29) is 12.6 Å². The Balaban J connectivity index is 2.29. The van der Waals surface area contributed by atoms with Gasteiger partial charge in [-0.1, -0.05) is 6.92 Å². The molecule has 0 aromatic rings. The van der Waals surface area contributed by atoms with Gasteiger partial charge in [-0.25, -0.2) is 8.78 Å². The molecule has 2 unspecified atom stereocenters. The number of piperidine rings is 1. The lowest BCUT2D eigenvalue weighted by atomic mass is 10.0. The quantitative estimate of drug-likeness (QED) is 0.763. The van der Waals surface area contributed by atoms with Gasteiger partial charge in [0.05, 0.1) is 6.54 Å². The van der Waals surface area contributed by atoms with Gasteiger partial charge < -0.3 is 5.32 Å². The topological polar surface area (TPSA) is 15.3 Å². The Morgan fingerprint density at radius 2 is 2.20 bits per heavy atom. The molecule has 0 amide bonds. The first-order chi connectivity index (χ1) is 7.13. The molecule has 2 atom stereocenters. The van der Waals surface area contributed by atoms with Crippen molar-refractivity contribution in [2.24, 2.45) is 0 Å². The van der Waals surface area contributed by atoms with E-state index >= 15 is 0 Å². The molecular weight excluding hydrogens is 198 g/mol. The highest BCUT2D eigenvalue weighted by Crippen LogP contribution is 2.14. The van der Waals surface area contributed by atoms with Crippen molar-refractivity contribution < 1.29 is 8.78 Å². The summed E-state index contributed by atoms with van der Waals surface area (Å²) in [6.07, 6.45) is 1.04. The summed E-state index contributed by atoms with van der Waals surface area (Å²) in [5.74, 6) is 0. The molecular formula is C11H22F2N2. The van der Waals surface area contributed by atoms with E-state index in [4.69, 9.17) is 0 Å². The van der Waals surface area contributed by atoms with Crippen LogP contribution in [0.15, 0.2) is 0 Å². The molecule has 1 aliphatic heterocycles. The van der Waals surface area contributed by atoms with Crippen LogP contribution in [0.2, 0.25) is 0 Å². The maximum atomic E-state index is 12.0. The second kappa shape index (κ2) is 6.38. The monoisotopic (exact) mass is 220 g/mol. The molecule has 0 aromatic heterocycles. The van der Waals surface area contributed by atoms with Crippen molar-refractivity contribution in [3.05, 3.63) is 0 Å². The summed E-state index contributed by atoms with van der Waals surface area (Å²) in [7, 11) is 0. The number of halogens is 2. The van der Waals surface area contributed by atoms with Crippen molar-refractivity contribution in [2.45, 2.75) is 51.6 Å². The van der Waals surface area contributed by atoms with Gasteiger partial charge in [0.25, 0.3) is 6.43 Å². The van der Waals surface area contributed by atoms with Crippen LogP contribution in [0.3, 0.4) is 0 Å². The van der Waals surface area contributed by atoms with Crippen molar-refractivity contribution >= 4 is 0 Å². The zero-order valence-corrected chi connectivity index (χ0v) is 9.68. The minimum absolute atomic E-state index is 0.168. The highest BCUT2D eigenvalue weighted by atomic mass is 19.3. The smallest absolute Gasteiger partial charge is 0.250 e. The Morgan fingerprint density at radius 1 is 1.47 bits per heavy atom. The zero-order chi connectivity index (χ0) is 11.3. The molecule has 90 valence electrons. The first-order valence-electron chi connectivity index (χ1n) is 5.89. The van der Waals surface area contributed by atoms with E-state index < -0.39 is 6.43 Å². The lowest BCUT2D eigenvalue weighted by Crippen LogP contribution is -2.49. The summed E-state index contributed by atoms with van der Waals surface area (Å²) in [6.45, 7) is 6.24. The molecule has 1 rings (SSSR count). The third-order valence-corrected chi connectivity index (χ3v) is 3.23. The Bertz CT molecular complexity index is 176. The molecule has 1 saturated heterocycles. The first-order valence-corrected chi connectivity index (χ1v) is 5.89. The second-order valence-electron chi connectivity index (χ2n) is 4.39. The van der Waals surface area contributed by atoms with E-state index in [0.717, 1.165) is 32.4 Å². The van der Waals surface area contributed by atoms with Gasteiger partial charge in [0.15, 0.2) is 0 Å². The van der Waals surface area contributed by atoms with E-state index in [1.54, 1.807) is 0 Å². The first kappa shape index (κ1) is 12.8. The normalized spacial score (nSPS) is 25.8. The zero-order valence-electron chi connectivity index (χ0n) is 9.68. The Morgan fingerprint density at radius 3 is 2.80 bits per heavy atom. The molecule has 2 nitrogen and oxygen atoms in total. The maximum absolute atomic E-state index is 12.0. The fourth-order valence-corrected chi connectivity index (χ4v) is 2.09. The molecule has 0 aromatic carbocycles. The van der Waals surface area contributed by atoms with Crippen LogP contribution in [0.5, 0.6) is 0 Å². The molecule has 0 spiro atoms. The predicted octanol–water partition coefficient (Wildman–Crippen LogP) is 2.10. The molecule has 1 N–H and O–H groups in total. The standard InChI is InChI=1S/C11H22F2N2/c1-3-9(2)15-6-4-5-10(8-15)14-7-11(12)13/h9-11,14H,3-8H2,1-2H3. The molecule has 0 radical (unpaired) electrons. The van der Waals surface area contributed by atoms with Crippen LogP contribution in [0.25, 0.3) is 0 Å². The van der Waals surface area contributed by atoms with E-state index in [0.29, 0.717) is 6.04 Å². The number of nitrogens with zero attached hydrogens (tertiary/aromatic N) is 1. The number of alkyl halides is 2. The van der Waals surface area contributed by atoms with Gasteiger partial charge in [-0.2, -0.15) is 0 Å². The number of nitrogens with one attached hydrogen (secondary N) is 1. The Kier molecular flexibility index (Phi) is 5.47. The Hall–Kier alpha value is -0.220. The van der Waals surface area contributed by atoms with Crippen LogP contribution in [-0.4, -0.2) is 43.0 Å². The lowest BCUT2D eigenvalue weighted by molar-refractivity contribution is 0.112. The van der Waals surface area contributed by atoms with Gasteiger partial charge >= 0.3 is 0 Å². The van der Waals surface area contributed by atoms with Crippen molar-refractivity contribution in [1.82, 2.24) is 10.2 Å². The van der Waals surface area contributed by atoms with E-state index in [1.807, 2.05) is 0 Å². The van der Waals surface area contributed by atoms with Crippen LogP contribution in [0.1, 0.15) is 33.1 Å². The van der Waals surface area contributed by atoms with Crippen LogP contribution in [-0.2, 0) is 0 Å². The fourth-order valence-electron chi connectivity index (χ4n) is 2.09. The molecule has 1 fully saturated rings. The highest BCUT2D eigenvalue weighted by Gasteiger charge is 2.22. The molecule has 0 aliphatic carbocycles. The van der Waals surface area contributed by atoms with Crippen LogP contribution >= 0.6 is 0 Å². The van der Waals surface area contributed by atoms with Gasteiger partial charge in [-0.15, -0.1) is 0 Å². The van der Waals surface area contributed by atoms with Gasteiger partial charge in [-0.3, -0.25) is 4.90 Å². The van der Waals surface area contributed by atoms with Crippen molar-refractivity contribution in [3.8, 4) is 0 Å². The Labute approximate surface area is 91.0 Å². The average molecular weight is 220 g/mol. The molecule has 1 heterocycles. The maximum Gasteiger partial charge on any atom is 0.250 e. The predicted molar refractivity (Wildman–Crippen MR) is 58.4 cm³/mol. The van der Waals surface area contributed by atoms with Crippen LogP contribution in [0, 0.1) is 0 Å². The SMILES string of the molecule is CCC(C)N1CCCC(NCC(F)F)C1. The minimum Gasteiger partial charge on any atom is -0.307 e. The van der Waals surface area contributed by atoms with Gasteiger partial charge in [0.2, 0.25) is 0 Å². The minimum atomic E-state index is -2.23. The molecule has 0 bridgehead atoms. The summed E-state index contributed by atoms with van der Waals surface area (Å²) in [6, 6.07) is 0.822. The summed E-state index contributed by atoms with van der Waals surface area (Å²) >= 11 is 0. The number of likely N-dealkylation sites (tertiary alicyclic amines) is 1. The highest BCUT2D eigenvalue weighted by molar-refractivity contribution is 4.80. The van der Waals surface area contributed by atoms with Crippen molar-refractivity contribution in [2.75, 3.05) is 19.6 Å². The van der Waals surface area contributed by atoms with E-state index in [9.17, 15) is 8.78 Å². The average Bonchev–Trinajstić information content (AvgIpc) is 2.25. The third-order valence-electron chi connectivity index (χ3n) is 3.23. The number of rotatable bonds is 5. The largest absolute Gasteiger partial charge is 0.307 e. The van der Waals surface area contributed by atoms with Crippen molar-refractivity contribution in [1.29, 1.82) is 0 Å². The summed E-state index contributed by atoms with van der Waals surface area (Å²) in [5.41, 5.74) is 0. The van der Waals surface area contributed by atoms with Gasteiger partial charge in [-0.05, 0) is 32.7 Å². The second-order valence-corrected chi connectivity index (χ2v) is 4.39. The van der Waals surface area contributed by atoms with Crippen molar-refractivity contribution in [3.63, 3.8) is 0 Å². The molecule has 15 heavy (non-hydrogen) atoms. The summed E-state index contributed by atoms with van der Waals surface area (Å²) in [5, 5.41) is 2.94. The van der Waals surface area contributed by atoms with Crippen LogP contribution < -0.4 is 5.32 Å². The molecule has 4 heteroatoms. The number of hydrogen-bond donors (Lipinski definition) is 1. The summed E-state index contributed by atoms with van der Waals surface area (Å²) < 4.78 is 24.1. The molecule has 0 saturated carbocycles. The fraction of sp³-hybridized carbons (Fsp3) is 1.00. The lowest BCUT2D eigenvalue weighted by Gasteiger charge is -2.36. The van der Waals surface area contributed by atoms with Gasteiger partial charge in [0.1, 0.15) is 0 Å². The number of hydrogen-bond acceptors (Lipinski definition) is 2. The molecule has 1 aliphatic rings. The third kappa shape index (κ3) is 4.43. The van der Waals surface area contributed by atoms with E-state index in [2.05, 4.69) is 24.1 Å². The van der Waals surface area contributed by atoms with Gasteiger partial charge in [0, 0.05) is 18.6 Å². The summed E-state index contributed by atoms with van der Waals surface area (Å²) in [4.78, 5) is 2.40.